The van der Waals surface area contributed by atoms with Gasteiger partial charge in [0.05, 0.1) is 30.4 Å². The molecule has 0 aliphatic carbocycles. The van der Waals surface area contributed by atoms with Gasteiger partial charge in [-0.15, -0.1) is 11.3 Å². The number of nitrogens with zero attached hydrogens (tertiary/aromatic N) is 4. The Hall–Kier alpha value is -4.25. The van der Waals surface area contributed by atoms with Crippen LogP contribution in [-0.2, 0) is 0 Å². The number of H-pyrrole nitrogens is 1. The Balaban J connectivity index is 1.24. The third-order valence-corrected chi connectivity index (χ3v) is 6.93. The predicted molar refractivity (Wildman–Crippen MR) is 131 cm³/mol. The number of carbonyl (C=O) groups excluding carboxylic acids is 1. The van der Waals surface area contributed by atoms with Gasteiger partial charge in [-0.25, -0.2) is 23.1 Å². The predicted octanol–water partition coefficient (Wildman–Crippen LogP) is 5.72. The van der Waals surface area contributed by atoms with Crippen molar-refractivity contribution in [2.45, 2.75) is 5.92 Å². The molecule has 2 N–H and O–H groups in total. The van der Waals surface area contributed by atoms with Crippen molar-refractivity contribution < 1.29 is 18.0 Å². The number of halogens is 3. The van der Waals surface area contributed by atoms with Crippen LogP contribution in [0, 0.1) is 5.82 Å². The zero-order chi connectivity index (χ0) is 24.9. The molecule has 1 aliphatic heterocycles. The van der Waals surface area contributed by atoms with Crippen LogP contribution in [0.4, 0.5) is 24.7 Å². The van der Waals surface area contributed by atoms with E-state index in [1.54, 1.807) is 36.7 Å². The lowest BCUT2D eigenvalue weighted by Gasteiger charge is -2.38. The number of aromatic nitrogens is 4. The zero-order valence-electron chi connectivity index (χ0n) is 18.5. The molecule has 6 rings (SSSR count). The Morgan fingerprint density at radius 3 is 2.53 bits per heavy atom. The van der Waals surface area contributed by atoms with Gasteiger partial charge in [-0.1, -0.05) is 24.3 Å². The van der Waals surface area contributed by atoms with Gasteiger partial charge < -0.3 is 10.2 Å². The minimum absolute atomic E-state index is 0.0249. The molecule has 1 aliphatic rings. The topological polar surface area (TPSA) is 86.8 Å². The van der Waals surface area contributed by atoms with E-state index in [1.165, 1.54) is 11.3 Å². The number of anilines is 2. The average Bonchev–Trinajstić information content (AvgIpc) is 3.54. The maximum absolute atomic E-state index is 14.5. The van der Waals surface area contributed by atoms with E-state index in [-0.39, 0.29) is 5.82 Å². The number of hydrogen-bond acceptors (Lipinski definition) is 6. The second-order valence-electron chi connectivity index (χ2n) is 8.46. The number of nitrogens with one attached hydrogen (secondary N) is 2. The maximum atomic E-state index is 14.5. The number of thiophene rings is 1. The molecular weight excluding hydrogens is 489 g/mol. The average molecular weight is 507 g/mol. The first-order valence-electron chi connectivity index (χ1n) is 10.9. The second-order valence-corrected chi connectivity index (χ2v) is 9.54. The third-order valence-electron chi connectivity index (χ3n) is 5.84. The van der Waals surface area contributed by atoms with Gasteiger partial charge in [0.15, 0.2) is 17.5 Å². The van der Waals surface area contributed by atoms with Crippen LogP contribution in [0.3, 0.4) is 0 Å². The van der Waals surface area contributed by atoms with Crippen LogP contribution >= 0.6 is 11.3 Å². The number of aromatic amines is 1. The Morgan fingerprint density at radius 1 is 1.03 bits per heavy atom. The highest BCUT2D eigenvalue weighted by Gasteiger charge is 2.46. The molecule has 0 atom stereocenters. The Bertz CT molecular complexity index is 1580. The fourth-order valence-electron chi connectivity index (χ4n) is 3.97. The first-order chi connectivity index (χ1) is 17.3. The van der Waals surface area contributed by atoms with E-state index in [2.05, 4.69) is 25.5 Å². The summed E-state index contributed by atoms with van der Waals surface area (Å²) in [5.41, 5.74) is 3.19. The lowest BCUT2D eigenvalue weighted by molar-refractivity contribution is -0.112. The van der Waals surface area contributed by atoms with E-state index in [0.29, 0.717) is 22.0 Å². The minimum atomic E-state index is -2.81. The molecule has 36 heavy (non-hydrogen) atoms. The molecule has 7 nitrogen and oxygen atoms in total. The van der Waals surface area contributed by atoms with E-state index < -0.39 is 30.7 Å². The molecule has 180 valence electrons. The van der Waals surface area contributed by atoms with Gasteiger partial charge in [0.25, 0.3) is 11.8 Å². The molecule has 11 heteroatoms. The fraction of sp³-hybridized carbons (Fsp3) is 0.120. The van der Waals surface area contributed by atoms with E-state index >= 15 is 0 Å². The molecule has 0 unspecified atom stereocenters. The van der Waals surface area contributed by atoms with Gasteiger partial charge in [-0.05, 0) is 35.2 Å². The molecule has 0 spiro atoms. The lowest BCUT2D eigenvalue weighted by atomic mass is 10.1. The summed E-state index contributed by atoms with van der Waals surface area (Å²) in [6.07, 6.45) is 4.60. The zero-order valence-corrected chi connectivity index (χ0v) is 19.3. The summed E-state index contributed by atoms with van der Waals surface area (Å²) in [5.74, 6) is -3.50. The molecule has 4 heterocycles. The van der Waals surface area contributed by atoms with Gasteiger partial charge in [-0.2, -0.15) is 5.10 Å². The van der Waals surface area contributed by atoms with Crippen LogP contribution < -0.4 is 5.32 Å². The first kappa shape index (κ1) is 22.2. The van der Waals surface area contributed by atoms with Crippen LogP contribution in [-0.4, -0.2) is 50.0 Å². The van der Waals surface area contributed by atoms with Crippen molar-refractivity contribution in [3.8, 4) is 22.5 Å². The smallest absolute Gasteiger partial charge is 0.282 e. The molecule has 0 saturated carbocycles. The Labute approximate surface area is 206 Å². The molecule has 0 bridgehead atoms. The quantitative estimate of drug-likeness (QED) is 0.318. The van der Waals surface area contributed by atoms with Gasteiger partial charge in [0.1, 0.15) is 0 Å². The summed E-state index contributed by atoms with van der Waals surface area (Å²) in [4.78, 5) is 22.5. The molecule has 3 aromatic heterocycles. The van der Waals surface area contributed by atoms with Crippen molar-refractivity contribution in [3.63, 3.8) is 0 Å². The number of amides is 1. The number of alkyl halides is 2. The monoisotopic (exact) mass is 506 g/mol. The number of likely N-dealkylation sites (tertiary alicyclic amines) is 1. The molecule has 0 radical (unpaired) electrons. The van der Waals surface area contributed by atoms with Crippen molar-refractivity contribution in [1.82, 2.24) is 25.1 Å². The normalized spacial score (nSPS) is 14.6. The highest BCUT2D eigenvalue weighted by molar-refractivity contribution is 7.20. The molecule has 5 aromatic rings. The van der Waals surface area contributed by atoms with Gasteiger partial charge in [-0.3, -0.25) is 9.89 Å². The van der Waals surface area contributed by atoms with E-state index in [0.717, 1.165) is 32.3 Å². The van der Waals surface area contributed by atoms with Crippen molar-refractivity contribution in [2.75, 3.05) is 18.4 Å². The van der Waals surface area contributed by atoms with E-state index in [1.807, 2.05) is 24.3 Å². The highest BCUT2D eigenvalue weighted by atomic mass is 32.1. The van der Waals surface area contributed by atoms with E-state index in [9.17, 15) is 18.0 Å². The highest BCUT2D eigenvalue weighted by Crippen LogP contribution is 2.34. The number of hydrogen-bond donors (Lipinski definition) is 2. The number of rotatable bonds is 5. The van der Waals surface area contributed by atoms with Crippen molar-refractivity contribution in [1.29, 1.82) is 0 Å². The number of benzene rings is 2. The Morgan fingerprint density at radius 2 is 1.81 bits per heavy atom. The Kier molecular flexibility index (Phi) is 5.22. The van der Waals surface area contributed by atoms with Crippen LogP contribution in [0.15, 0.2) is 67.1 Å². The summed E-state index contributed by atoms with van der Waals surface area (Å²) in [7, 11) is 0. The fourth-order valence-corrected chi connectivity index (χ4v) is 5.04. The van der Waals surface area contributed by atoms with Crippen LogP contribution in [0.5, 0.6) is 0 Å². The second kappa shape index (κ2) is 8.45. The summed E-state index contributed by atoms with van der Waals surface area (Å²) in [6.45, 7) is -1.12. The van der Waals surface area contributed by atoms with Crippen LogP contribution in [0.2, 0.25) is 0 Å². The van der Waals surface area contributed by atoms with Gasteiger partial charge in [0.2, 0.25) is 0 Å². The van der Waals surface area contributed by atoms with Gasteiger partial charge >= 0.3 is 0 Å². The number of carbonyl (C=O) groups is 1. The molecular formula is C25H17F3N6OS. The van der Waals surface area contributed by atoms with Crippen molar-refractivity contribution >= 4 is 38.8 Å². The standard InChI is InChI=1S/C25H17F3N6OS/c26-19-11-29-22(33-23(19)32-18-5-3-14(4-6-18)17-9-30-31-10-17)16-2-1-15-7-21(36-20(15)8-16)24(35)34-12-25(27,28)13-34/h1-11H,12-13H2,(H,30,31)(H,29,32,33). The summed E-state index contributed by atoms with van der Waals surface area (Å²) in [5, 5.41) is 10.5. The number of fused-ring (bicyclic) bond motifs is 1. The van der Waals surface area contributed by atoms with E-state index in [4.69, 9.17) is 0 Å². The van der Waals surface area contributed by atoms with Gasteiger partial charge in [0, 0.05) is 27.7 Å². The molecule has 1 saturated heterocycles. The summed E-state index contributed by atoms with van der Waals surface area (Å²) < 4.78 is 41.6. The summed E-state index contributed by atoms with van der Waals surface area (Å²) in [6, 6.07) is 14.5. The third kappa shape index (κ3) is 4.17. The molecule has 1 fully saturated rings. The lowest BCUT2D eigenvalue weighted by Crippen LogP contribution is -2.58. The van der Waals surface area contributed by atoms with Crippen LogP contribution in [0.1, 0.15) is 9.67 Å². The summed E-state index contributed by atoms with van der Waals surface area (Å²) >= 11 is 1.21. The maximum Gasteiger partial charge on any atom is 0.282 e. The SMILES string of the molecule is O=C(c1cc2ccc(-c3ncc(F)c(Nc4ccc(-c5cn[nH]c5)cc4)n3)cc2s1)N1CC(F)(F)C1. The molecule has 2 aromatic carbocycles. The van der Waals surface area contributed by atoms with Crippen LogP contribution in [0.25, 0.3) is 32.6 Å². The minimum Gasteiger partial charge on any atom is -0.338 e. The first-order valence-corrected chi connectivity index (χ1v) is 11.8. The largest absolute Gasteiger partial charge is 0.338 e. The van der Waals surface area contributed by atoms with Crippen molar-refractivity contribution in [2.24, 2.45) is 0 Å². The molecule has 1 amide bonds. The van der Waals surface area contributed by atoms with Crippen molar-refractivity contribution in [3.05, 3.63) is 77.8 Å².